The molecule has 0 spiro atoms. The number of aromatic nitrogens is 1. The minimum atomic E-state index is 0.611. The minimum absolute atomic E-state index is 0.611. The zero-order chi connectivity index (χ0) is 10.6. The van der Waals surface area contributed by atoms with Crippen molar-refractivity contribution in [2.45, 2.75) is 27.6 Å². The largest absolute Gasteiger partial charge is 0.536 e. The molecule has 1 radical (unpaired) electrons. The molecule has 0 fully saturated rings. The summed E-state index contributed by atoms with van der Waals surface area (Å²) in [6, 6.07) is 4.32. The van der Waals surface area contributed by atoms with E-state index in [1.165, 1.54) is 11.3 Å². The number of aryl methyl sites for hydroxylation is 1. The predicted molar refractivity (Wildman–Crippen MR) is 62.3 cm³/mol. The summed E-state index contributed by atoms with van der Waals surface area (Å²) in [4.78, 5) is 0. The normalized spacial score (nSPS) is 11.2. The summed E-state index contributed by atoms with van der Waals surface area (Å²) in [6.45, 7) is 8.53. The van der Waals surface area contributed by atoms with E-state index < -0.39 is 0 Å². The molecule has 0 amide bonds. The number of allylic oxidation sites excluding steroid dienone is 1. The van der Waals surface area contributed by atoms with Gasteiger partial charge in [-0.05, 0) is 18.3 Å². The van der Waals surface area contributed by atoms with Gasteiger partial charge in [0.1, 0.15) is 6.20 Å². The first kappa shape index (κ1) is 11.0. The lowest BCUT2D eigenvalue weighted by molar-refractivity contribution is -0.536. The second-order valence-electron chi connectivity index (χ2n) is 3.87. The zero-order valence-electron chi connectivity index (χ0n) is 9.49. The van der Waals surface area contributed by atoms with Crippen LogP contribution >= 0.6 is 0 Å². The number of pyridine rings is 1. The third-order valence-corrected chi connectivity index (χ3v) is 2.16. The second-order valence-corrected chi connectivity index (χ2v) is 3.87. The zero-order valence-corrected chi connectivity index (χ0v) is 9.49. The van der Waals surface area contributed by atoms with Gasteiger partial charge in [0.2, 0.25) is 0 Å². The van der Waals surface area contributed by atoms with E-state index in [9.17, 15) is 0 Å². The molecular formula is C12H18BN+. The molecule has 0 N–H and O–H groups in total. The molecule has 1 rings (SSSR count). The van der Waals surface area contributed by atoms with Crippen LogP contribution in [0.3, 0.4) is 0 Å². The Hall–Kier alpha value is -1.05. The molecule has 2 heteroatoms. The van der Waals surface area contributed by atoms with Crippen LogP contribution in [0.2, 0.25) is 6.82 Å². The first-order chi connectivity index (χ1) is 6.63. The van der Waals surface area contributed by atoms with Crippen LogP contribution in [0.1, 0.15) is 25.1 Å². The molecular weight excluding hydrogens is 169 g/mol. The first-order valence-electron chi connectivity index (χ1n) is 5.13. The van der Waals surface area contributed by atoms with Crippen molar-refractivity contribution in [3.05, 3.63) is 35.7 Å². The highest BCUT2D eigenvalue weighted by Gasteiger charge is 2.04. The number of nitrogens with zero attached hydrogens (tertiary/aromatic N) is 1. The standard InChI is InChI=1S/C12H18BN/c1-10(2)5-6-12-7-8-14(13-4)11(3)9-12/h5-10H,1-4H3/q+1/b6-5+. The maximum atomic E-state index is 2.22. The van der Waals surface area contributed by atoms with Crippen LogP contribution in [0.5, 0.6) is 0 Å². The average molecular weight is 187 g/mol. The molecule has 1 nitrogen and oxygen atoms in total. The van der Waals surface area contributed by atoms with Gasteiger partial charge in [-0.25, -0.2) is 0 Å². The number of hydrogen-bond donors (Lipinski definition) is 0. The van der Waals surface area contributed by atoms with Gasteiger partial charge in [0, 0.05) is 19.1 Å². The Balaban J connectivity index is 2.86. The summed E-state index contributed by atoms with van der Waals surface area (Å²) in [5, 5.41) is 0. The van der Waals surface area contributed by atoms with Gasteiger partial charge in [0.15, 0.2) is 5.69 Å². The SMILES string of the molecule is C[B][n+]1ccc(/C=C/C(C)C)cc1C. The third-order valence-electron chi connectivity index (χ3n) is 2.16. The summed E-state index contributed by atoms with van der Waals surface area (Å²) in [6.07, 6.45) is 6.49. The van der Waals surface area contributed by atoms with E-state index in [2.05, 4.69) is 63.1 Å². The molecule has 0 aliphatic heterocycles. The fraction of sp³-hybridized carbons (Fsp3) is 0.417. The van der Waals surface area contributed by atoms with Crippen molar-refractivity contribution < 1.29 is 4.48 Å². The van der Waals surface area contributed by atoms with Gasteiger partial charge in [0.05, 0.1) is 0 Å². The smallest absolute Gasteiger partial charge is 0.289 e. The Kier molecular flexibility index (Phi) is 3.93. The van der Waals surface area contributed by atoms with Crippen molar-refractivity contribution in [2.75, 3.05) is 0 Å². The maximum absolute atomic E-state index is 2.22. The lowest BCUT2D eigenvalue weighted by atomic mass is 9.97. The van der Waals surface area contributed by atoms with Crippen molar-refractivity contribution >= 4 is 13.5 Å². The number of hydrogen-bond acceptors (Lipinski definition) is 0. The third kappa shape index (κ3) is 3.02. The summed E-state index contributed by atoms with van der Waals surface area (Å²) in [5.74, 6) is 0.611. The molecule has 73 valence electrons. The quantitative estimate of drug-likeness (QED) is 0.640. The van der Waals surface area contributed by atoms with E-state index in [4.69, 9.17) is 0 Å². The van der Waals surface area contributed by atoms with Gasteiger partial charge in [-0.1, -0.05) is 26.0 Å². The van der Waals surface area contributed by atoms with E-state index in [0.717, 1.165) is 0 Å². The lowest BCUT2D eigenvalue weighted by Gasteiger charge is -1.99. The Morgan fingerprint density at radius 1 is 1.43 bits per heavy atom. The summed E-state index contributed by atoms with van der Waals surface area (Å²) in [5.41, 5.74) is 2.53. The Morgan fingerprint density at radius 2 is 2.14 bits per heavy atom. The molecule has 1 aromatic rings. The molecule has 0 aliphatic carbocycles. The first-order valence-corrected chi connectivity index (χ1v) is 5.13. The molecule has 1 heterocycles. The van der Waals surface area contributed by atoms with E-state index in [1.54, 1.807) is 0 Å². The Bertz CT molecular complexity index is 329. The van der Waals surface area contributed by atoms with E-state index in [-0.39, 0.29) is 0 Å². The van der Waals surface area contributed by atoms with E-state index in [1.807, 2.05) is 6.82 Å². The summed E-state index contributed by atoms with van der Waals surface area (Å²) in [7, 11) is 2.06. The van der Waals surface area contributed by atoms with Crippen molar-refractivity contribution in [1.29, 1.82) is 0 Å². The van der Waals surface area contributed by atoms with Gasteiger partial charge < -0.3 is 0 Å². The average Bonchev–Trinajstić information content (AvgIpc) is 2.15. The Labute approximate surface area is 87.7 Å². The topological polar surface area (TPSA) is 3.88 Å². The van der Waals surface area contributed by atoms with E-state index in [0.29, 0.717) is 5.92 Å². The summed E-state index contributed by atoms with van der Waals surface area (Å²) >= 11 is 0. The van der Waals surface area contributed by atoms with Crippen LogP contribution in [-0.4, -0.2) is 7.41 Å². The fourth-order valence-corrected chi connectivity index (χ4v) is 1.34. The minimum Gasteiger partial charge on any atom is -0.289 e. The van der Waals surface area contributed by atoms with Crippen LogP contribution in [0.4, 0.5) is 0 Å². The van der Waals surface area contributed by atoms with Gasteiger partial charge in [-0.2, -0.15) is 0 Å². The molecule has 0 atom stereocenters. The van der Waals surface area contributed by atoms with Crippen LogP contribution in [-0.2, 0) is 0 Å². The highest BCUT2D eigenvalue weighted by molar-refractivity contribution is 6.22. The molecule has 0 saturated carbocycles. The van der Waals surface area contributed by atoms with E-state index >= 15 is 0 Å². The van der Waals surface area contributed by atoms with Crippen LogP contribution in [0.15, 0.2) is 24.4 Å². The molecule has 1 aromatic heterocycles. The van der Waals surface area contributed by atoms with Gasteiger partial charge in [-0.3, -0.25) is 4.48 Å². The summed E-state index contributed by atoms with van der Waals surface area (Å²) < 4.78 is 2.12. The van der Waals surface area contributed by atoms with Crippen molar-refractivity contribution in [2.24, 2.45) is 5.92 Å². The lowest BCUT2D eigenvalue weighted by Crippen LogP contribution is -2.40. The van der Waals surface area contributed by atoms with Crippen molar-refractivity contribution in [1.82, 2.24) is 0 Å². The Morgan fingerprint density at radius 3 is 2.64 bits per heavy atom. The maximum Gasteiger partial charge on any atom is 0.536 e. The molecule has 0 unspecified atom stereocenters. The monoisotopic (exact) mass is 187 g/mol. The van der Waals surface area contributed by atoms with Crippen LogP contribution in [0.25, 0.3) is 6.08 Å². The van der Waals surface area contributed by atoms with Crippen molar-refractivity contribution in [3.8, 4) is 0 Å². The highest BCUT2D eigenvalue weighted by atomic mass is 14.8. The molecule has 0 saturated heterocycles. The molecule has 14 heavy (non-hydrogen) atoms. The highest BCUT2D eigenvalue weighted by Crippen LogP contribution is 2.04. The van der Waals surface area contributed by atoms with Gasteiger partial charge in [0.25, 0.3) is 0 Å². The predicted octanol–water partition coefficient (Wildman–Crippen LogP) is 2.47. The van der Waals surface area contributed by atoms with Crippen LogP contribution < -0.4 is 4.48 Å². The molecule has 0 aliphatic rings. The van der Waals surface area contributed by atoms with Gasteiger partial charge >= 0.3 is 7.41 Å². The fourth-order valence-electron chi connectivity index (χ4n) is 1.34. The van der Waals surface area contributed by atoms with Crippen LogP contribution in [0, 0.1) is 12.8 Å². The van der Waals surface area contributed by atoms with Crippen molar-refractivity contribution in [3.63, 3.8) is 0 Å². The number of rotatable bonds is 3. The second kappa shape index (κ2) is 4.99. The molecule has 0 aromatic carbocycles. The van der Waals surface area contributed by atoms with Gasteiger partial charge in [-0.15, -0.1) is 0 Å². The molecule has 0 bridgehead atoms.